The fourth-order valence-corrected chi connectivity index (χ4v) is 6.47. The van der Waals surface area contributed by atoms with Crippen LogP contribution in [-0.4, -0.2) is 16.2 Å². The zero-order valence-electron chi connectivity index (χ0n) is 22.5. The third-order valence-electron chi connectivity index (χ3n) is 8.42. The number of allylic oxidation sites excluding steroid dienone is 1. The molecule has 40 heavy (non-hydrogen) atoms. The minimum atomic E-state index is 1.07. The Hall–Kier alpha value is -5.02. The standard InChI is InChI=1S/C37H29N3/c1-38(26-18-22-28(23-19-26)39-34-14-6-2-10-30(34)31-11-3-7-15-35(31)39)27-20-24-29(25-21-27)40-36-16-8-4-12-32(36)33-13-5-9-17-37(33)40/h2-8,10-16,18-25H,9,17H2,1H3. The molecule has 192 valence electrons. The van der Waals surface area contributed by atoms with Gasteiger partial charge in [0.05, 0.1) is 16.6 Å². The first-order chi connectivity index (χ1) is 19.8. The van der Waals surface area contributed by atoms with Crippen molar-refractivity contribution in [2.24, 2.45) is 0 Å². The highest BCUT2D eigenvalue weighted by Gasteiger charge is 2.18. The lowest BCUT2D eigenvalue weighted by Crippen LogP contribution is -2.10. The lowest BCUT2D eigenvalue weighted by molar-refractivity contribution is 0.888. The quantitative estimate of drug-likeness (QED) is 0.227. The molecule has 0 radical (unpaired) electrons. The molecular weight excluding hydrogens is 486 g/mol. The van der Waals surface area contributed by atoms with Gasteiger partial charge in [-0.15, -0.1) is 0 Å². The number of para-hydroxylation sites is 3. The maximum absolute atomic E-state index is 2.44. The predicted molar refractivity (Wildman–Crippen MR) is 169 cm³/mol. The van der Waals surface area contributed by atoms with Gasteiger partial charge in [-0.3, -0.25) is 0 Å². The van der Waals surface area contributed by atoms with Crippen LogP contribution < -0.4 is 4.90 Å². The summed E-state index contributed by atoms with van der Waals surface area (Å²) in [5.41, 5.74) is 11.2. The molecular formula is C37H29N3. The van der Waals surface area contributed by atoms with Gasteiger partial charge in [0, 0.05) is 57.2 Å². The lowest BCUT2D eigenvalue weighted by atomic mass is 10.0. The number of aromatic nitrogens is 2. The van der Waals surface area contributed by atoms with Gasteiger partial charge in [-0.2, -0.15) is 0 Å². The van der Waals surface area contributed by atoms with E-state index in [9.17, 15) is 0 Å². The summed E-state index contributed by atoms with van der Waals surface area (Å²) in [6.07, 6.45) is 6.75. The highest BCUT2D eigenvalue weighted by molar-refractivity contribution is 6.09. The molecule has 0 amide bonds. The van der Waals surface area contributed by atoms with Crippen molar-refractivity contribution in [1.29, 1.82) is 0 Å². The fourth-order valence-electron chi connectivity index (χ4n) is 6.47. The van der Waals surface area contributed by atoms with Gasteiger partial charge in [0.15, 0.2) is 0 Å². The number of fused-ring (bicyclic) bond motifs is 6. The van der Waals surface area contributed by atoms with E-state index in [4.69, 9.17) is 0 Å². The Morgan fingerprint density at radius 1 is 0.525 bits per heavy atom. The number of anilines is 2. The molecule has 0 N–H and O–H groups in total. The Labute approximate surface area is 233 Å². The Kier molecular flexibility index (Phi) is 5.17. The highest BCUT2D eigenvalue weighted by Crippen LogP contribution is 2.36. The Bertz CT molecular complexity index is 2000. The van der Waals surface area contributed by atoms with Crippen molar-refractivity contribution >= 4 is 50.2 Å². The summed E-state index contributed by atoms with van der Waals surface area (Å²) in [6.45, 7) is 0. The van der Waals surface area contributed by atoms with Crippen molar-refractivity contribution in [3.05, 3.63) is 139 Å². The summed E-state index contributed by atoms with van der Waals surface area (Å²) < 4.78 is 4.80. The summed E-state index contributed by atoms with van der Waals surface area (Å²) in [7, 11) is 2.14. The normalized spacial score (nSPS) is 12.8. The van der Waals surface area contributed by atoms with Crippen LogP contribution in [0, 0.1) is 0 Å². The minimum Gasteiger partial charge on any atom is -0.345 e. The lowest BCUT2D eigenvalue weighted by Gasteiger charge is -2.21. The molecule has 0 spiro atoms. The van der Waals surface area contributed by atoms with Crippen LogP contribution in [0.15, 0.2) is 127 Å². The van der Waals surface area contributed by atoms with Crippen LogP contribution in [0.25, 0.3) is 50.2 Å². The van der Waals surface area contributed by atoms with Crippen LogP contribution in [0.1, 0.15) is 17.7 Å². The maximum atomic E-state index is 2.44. The molecule has 0 fully saturated rings. The Morgan fingerprint density at radius 3 is 1.57 bits per heavy atom. The van der Waals surface area contributed by atoms with E-state index < -0.39 is 0 Å². The van der Waals surface area contributed by atoms with Gasteiger partial charge in [0.1, 0.15) is 0 Å². The maximum Gasteiger partial charge on any atom is 0.0541 e. The van der Waals surface area contributed by atoms with E-state index in [-0.39, 0.29) is 0 Å². The van der Waals surface area contributed by atoms with Gasteiger partial charge in [-0.05, 0) is 79.6 Å². The number of rotatable bonds is 4. The predicted octanol–water partition coefficient (Wildman–Crippen LogP) is 9.45. The van der Waals surface area contributed by atoms with Gasteiger partial charge < -0.3 is 14.0 Å². The first kappa shape index (κ1) is 22.9. The van der Waals surface area contributed by atoms with Crippen molar-refractivity contribution in [3.8, 4) is 11.4 Å². The molecule has 0 unspecified atom stereocenters. The van der Waals surface area contributed by atoms with E-state index in [1.54, 1.807) is 0 Å². The zero-order valence-corrected chi connectivity index (χ0v) is 22.5. The van der Waals surface area contributed by atoms with Crippen LogP contribution in [-0.2, 0) is 6.42 Å². The molecule has 0 atom stereocenters. The van der Waals surface area contributed by atoms with E-state index in [0.717, 1.165) is 18.5 Å². The Morgan fingerprint density at radius 2 is 1.00 bits per heavy atom. The third kappa shape index (κ3) is 3.44. The molecule has 0 aliphatic heterocycles. The minimum absolute atomic E-state index is 1.07. The van der Waals surface area contributed by atoms with Crippen molar-refractivity contribution in [3.63, 3.8) is 0 Å². The van der Waals surface area contributed by atoms with Crippen molar-refractivity contribution in [2.45, 2.75) is 12.8 Å². The molecule has 0 saturated carbocycles. The average Bonchev–Trinajstić information content (AvgIpc) is 3.54. The summed E-state index contributed by atoms with van der Waals surface area (Å²) in [6, 6.07) is 43.9. The van der Waals surface area contributed by atoms with E-state index >= 15 is 0 Å². The van der Waals surface area contributed by atoms with Gasteiger partial charge in [0.2, 0.25) is 0 Å². The Balaban J connectivity index is 1.13. The van der Waals surface area contributed by atoms with Crippen LogP contribution in [0.3, 0.4) is 0 Å². The number of nitrogens with zero attached hydrogens (tertiary/aromatic N) is 3. The molecule has 3 heteroatoms. The number of benzene rings is 5. The third-order valence-corrected chi connectivity index (χ3v) is 8.42. The summed E-state index contributed by atoms with van der Waals surface area (Å²) >= 11 is 0. The van der Waals surface area contributed by atoms with E-state index in [2.05, 4.69) is 155 Å². The molecule has 2 heterocycles. The smallest absolute Gasteiger partial charge is 0.0541 e. The molecule has 8 rings (SSSR count). The van der Waals surface area contributed by atoms with E-state index in [1.807, 2.05) is 0 Å². The summed E-state index contributed by atoms with van der Waals surface area (Å²) in [5.74, 6) is 0. The number of hydrogen-bond acceptors (Lipinski definition) is 1. The van der Waals surface area contributed by atoms with E-state index in [1.165, 1.54) is 61.0 Å². The van der Waals surface area contributed by atoms with Crippen LogP contribution in [0.2, 0.25) is 0 Å². The largest absolute Gasteiger partial charge is 0.345 e. The second kappa shape index (κ2) is 9.03. The molecule has 1 aliphatic rings. The summed E-state index contributed by atoms with van der Waals surface area (Å²) in [5, 5.41) is 3.90. The molecule has 0 bridgehead atoms. The van der Waals surface area contributed by atoms with Crippen molar-refractivity contribution in [1.82, 2.24) is 9.13 Å². The first-order valence-corrected chi connectivity index (χ1v) is 14.0. The van der Waals surface area contributed by atoms with Gasteiger partial charge >= 0.3 is 0 Å². The molecule has 5 aromatic carbocycles. The zero-order chi connectivity index (χ0) is 26.6. The topological polar surface area (TPSA) is 13.1 Å². The van der Waals surface area contributed by atoms with Crippen molar-refractivity contribution in [2.75, 3.05) is 11.9 Å². The second-order valence-corrected chi connectivity index (χ2v) is 10.6. The van der Waals surface area contributed by atoms with Gasteiger partial charge in [-0.1, -0.05) is 66.7 Å². The highest BCUT2D eigenvalue weighted by atomic mass is 15.1. The first-order valence-electron chi connectivity index (χ1n) is 14.0. The monoisotopic (exact) mass is 515 g/mol. The van der Waals surface area contributed by atoms with Crippen molar-refractivity contribution < 1.29 is 0 Å². The van der Waals surface area contributed by atoms with Crippen LogP contribution in [0.4, 0.5) is 11.4 Å². The second-order valence-electron chi connectivity index (χ2n) is 10.6. The number of hydrogen-bond donors (Lipinski definition) is 0. The molecule has 2 aromatic heterocycles. The van der Waals surface area contributed by atoms with Gasteiger partial charge in [0.25, 0.3) is 0 Å². The fraction of sp³-hybridized carbons (Fsp3) is 0.0811. The average molecular weight is 516 g/mol. The molecule has 0 saturated heterocycles. The van der Waals surface area contributed by atoms with Gasteiger partial charge in [-0.25, -0.2) is 0 Å². The SMILES string of the molecule is CN(c1ccc(-n2c3c(c4ccccc42)C=CCC3)cc1)c1ccc(-n2c3ccccc3c3ccccc32)cc1. The summed E-state index contributed by atoms with van der Waals surface area (Å²) in [4.78, 5) is 2.26. The molecule has 1 aliphatic carbocycles. The van der Waals surface area contributed by atoms with Crippen LogP contribution >= 0.6 is 0 Å². The van der Waals surface area contributed by atoms with Crippen LogP contribution in [0.5, 0.6) is 0 Å². The molecule has 3 nitrogen and oxygen atoms in total. The van der Waals surface area contributed by atoms with E-state index in [0.29, 0.717) is 0 Å². The molecule has 7 aromatic rings.